The average molecular weight is 245 g/mol. The van der Waals surface area contributed by atoms with E-state index in [2.05, 4.69) is 30.6 Å². The van der Waals surface area contributed by atoms with Crippen LogP contribution in [-0.4, -0.2) is 33.0 Å². The molecular weight excluding hydrogens is 230 g/mol. The van der Waals surface area contributed by atoms with Crippen molar-refractivity contribution >= 4 is 17.5 Å². The monoisotopic (exact) mass is 245 g/mol. The minimum Gasteiger partial charge on any atom is -0.370 e. The average Bonchev–Trinajstić information content (AvgIpc) is 2.41. The van der Waals surface area contributed by atoms with Gasteiger partial charge in [-0.2, -0.15) is 0 Å². The Kier molecular flexibility index (Phi) is 4.37. The molecular formula is C11H15N7. The van der Waals surface area contributed by atoms with Gasteiger partial charge in [-0.05, 0) is 13.0 Å². The Morgan fingerprint density at radius 3 is 2.72 bits per heavy atom. The van der Waals surface area contributed by atoms with Crippen molar-refractivity contribution in [3.05, 3.63) is 31.0 Å². The highest BCUT2D eigenvalue weighted by Gasteiger charge is 1.99. The number of nitrogens with two attached hydrogens (primary N) is 1. The number of hydrogen-bond acceptors (Lipinski definition) is 7. The van der Waals surface area contributed by atoms with E-state index in [9.17, 15) is 0 Å². The minimum atomic E-state index is 0.643. The maximum atomic E-state index is 5.42. The maximum Gasteiger partial charge on any atom is 0.150 e. The highest BCUT2D eigenvalue weighted by molar-refractivity contribution is 5.54. The fraction of sp³-hybridized carbons (Fsp3) is 0.273. The molecule has 7 heteroatoms. The number of nitrogens with one attached hydrogen (secondary N) is 2. The van der Waals surface area contributed by atoms with Crippen LogP contribution >= 0.6 is 0 Å². The minimum absolute atomic E-state index is 0.643. The van der Waals surface area contributed by atoms with Crippen LogP contribution in [-0.2, 0) is 0 Å². The van der Waals surface area contributed by atoms with Crippen molar-refractivity contribution in [2.24, 2.45) is 5.73 Å². The van der Waals surface area contributed by atoms with E-state index in [4.69, 9.17) is 5.73 Å². The molecule has 0 aliphatic heterocycles. The third-order valence-electron chi connectivity index (χ3n) is 2.17. The van der Waals surface area contributed by atoms with E-state index >= 15 is 0 Å². The van der Waals surface area contributed by atoms with Crippen LogP contribution in [0.15, 0.2) is 31.0 Å². The van der Waals surface area contributed by atoms with Crippen molar-refractivity contribution in [2.75, 3.05) is 23.7 Å². The number of nitrogens with zero attached hydrogens (tertiary/aromatic N) is 4. The van der Waals surface area contributed by atoms with E-state index in [1.54, 1.807) is 18.6 Å². The second-order valence-electron chi connectivity index (χ2n) is 3.57. The summed E-state index contributed by atoms with van der Waals surface area (Å²) >= 11 is 0. The molecule has 2 heterocycles. The smallest absolute Gasteiger partial charge is 0.150 e. The molecule has 0 saturated carbocycles. The summed E-state index contributed by atoms with van der Waals surface area (Å²) in [4.78, 5) is 16.3. The van der Waals surface area contributed by atoms with Crippen molar-refractivity contribution in [1.29, 1.82) is 0 Å². The molecule has 0 aliphatic carbocycles. The molecule has 0 atom stereocenters. The van der Waals surface area contributed by atoms with Crippen molar-refractivity contribution in [3.8, 4) is 0 Å². The molecule has 2 rings (SSSR count). The summed E-state index contributed by atoms with van der Waals surface area (Å²) in [5, 5.41) is 6.21. The molecule has 94 valence electrons. The molecule has 0 unspecified atom stereocenters. The lowest BCUT2D eigenvalue weighted by atomic mass is 10.4. The van der Waals surface area contributed by atoms with Crippen LogP contribution in [0, 0.1) is 0 Å². The van der Waals surface area contributed by atoms with Crippen molar-refractivity contribution in [3.63, 3.8) is 0 Å². The summed E-state index contributed by atoms with van der Waals surface area (Å²) in [6.45, 7) is 1.45. The Bertz CT molecular complexity index is 474. The third kappa shape index (κ3) is 3.63. The number of aromatic nitrogens is 4. The standard InChI is InChI=1S/C11H15N7/c12-2-1-3-14-9-6-10(17-8-16-9)18-11-7-13-4-5-15-11/h4-8H,1-3,12H2,(H2,14,15,16,17,18). The topological polar surface area (TPSA) is 102 Å². The van der Waals surface area contributed by atoms with E-state index in [0.29, 0.717) is 18.2 Å². The van der Waals surface area contributed by atoms with Gasteiger partial charge in [-0.3, -0.25) is 4.98 Å². The lowest BCUT2D eigenvalue weighted by Crippen LogP contribution is -2.09. The van der Waals surface area contributed by atoms with E-state index < -0.39 is 0 Å². The Balaban J connectivity index is 1.99. The SMILES string of the molecule is NCCCNc1cc(Nc2cnccn2)ncn1. The van der Waals surface area contributed by atoms with Gasteiger partial charge in [-0.1, -0.05) is 0 Å². The van der Waals surface area contributed by atoms with Crippen molar-refractivity contribution < 1.29 is 0 Å². The summed E-state index contributed by atoms with van der Waals surface area (Å²) in [6.07, 6.45) is 7.25. The van der Waals surface area contributed by atoms with Crippen LogP contribution in [0.1, 0.15) is 6.42 Å². The molecule has 0 saturated heterocycles. The Morgan fingerprint density at radius 2 is 1.94 bits per heavy atom. The van der Waals surface area contributed by atoms with Gasteiger partial charge in [0.15, 0.2) is 0 Å². The first kappa shape index (κ1) is 12.2. The molecule has 18 heavy (non-hydrogen) atoms. The predicted molar refractivity (Wildman–Crippen MR) is 69.5 cm³/mol. The van der Waals surface area contributed by atoms with Crippen LogP contribution in [0.5, 0.6) is 0 Å². The Hall–Kier alpha value is -2.28. The lowest BCUT2D eigenvalue weighted by Gasteiger charge is -2.07. The van der Waals surface area contributed by atoms with Crippen molar-refractivity contribution in [2.45, 2.75) is 6.42 Å². The lowest BCUT2D eigenvalue weighted by molar-refractivity contribution is 0.869. The van der Waals surface area contributed by atoms with Crippen LogP contribution in [0.4, 0.5) is 17.5 Å². The summed E-state index contributed by atoms with van der Waals surface area (Å²) in [7, 11) is 0. The molecule has 0 bridgehead atoms. The quantitative estimate of drug-likeness (QED) is 0.646. The first-order chi connectivity index (χ1) is 8.88. The highest BCUT2D eigenvalue weighted by atomic mass is 15.1. The zero-order valence-electron chi connectivity index (χ0n) is 9.87. The Morgan fingerprint density at radius 1 is 1.06 bits per heavy atom. The van der Waals surface area contributed by atoms with Crippen molar-refractivity contribution in [1.82, 2.24) is 19.9 Å². The molecule has 4 N–H and O–H groups in total. The Labute approximate surface area is 105 Å². The van der Waals surface area contributed by atoms with Crippen LogP contribution < -0.4 is 16.4 Å². The summed E-state index contributed by atoms with van der Waals surface area (Å²) in [5.74, 6) is 2.06. The maximum absolute atomic E-state index is 5.42. The first-order valence-electron chi connectivity index (χ1n) is 5.67. The molecule has 0 fully saturated rings. The molecule has 0 aromatic carbocycles. The molecule has 0 radical (unpaired) electrons. The summed E-state index contributed by atoms with van der Waals surface area (Å²) < 4.78 is 0. The number of anilines is 3. The normalized spacial score (nSPS) is 10.1. The first-order valence-corrected chi connectivity index (χ1v) is 5.67. The van der Waals surface area contributed by atoms with Gasteiger partial charge in [0.2, 0.25) is 0 Å². The molecule has 2 aromatic rings. The van der Waals surface area contributed by atoms with Gasteiger partial charge < -0.3 is 16.4 Å². The second kappa shape index (κ2) is 6.45. The zero-order valence-corrected chi connectivity index (χ0v) is 9.87. The van der Waals surface area contributed by atoms with E-state index in [-0.39, 0.29) is 0 Å². The van der Waals surface area contributed by atoms with Gasteiger partial charge in [-0.25, -0.2) is 15.0 Å². The molecule has 0 spiro atoms. The van der Waals surface area contributed by atoms with E-state index in [1.165, 1.54) is 6.33 Å². The van der Waals surface area contributed by atoms with E-state index in [0.717, 1.165) is 18.8 Å². The third-order valence-corrected chi connectivity index (χ3v) is 2.17. The van der Waals surface area contributed by atoms with Gasteiger partial charge in [0, 0.05) is 25.0 Å². The predicted octanol–water partition coefficient (Wildman–Crippen LogP) is 0.771. The molecule has 0 amide bonds. The van der Waals surface area contributed by atoms with Crippen LogP contribution in [0.25, 0.3) is 0 Å². The van der Waals surface area contributed by atoms with Gasteiger partial charge >= 0.3 is 0 Å². The van der Waals surface area contributed by atoms with Gasteiger partial charge in [-0.15, -0.1) is 0 Å². The molecule has 7 nitrogen and oxygen atoms in total. The van der Waals surface area contributed by atoms with Crippen LogP contribution in [0.2, 0.25) is 0 Å². The second-order valence-corrected chi connectivity index (χ2v) is 3.57. The zero-order chi connectivity index (χ0) is 12.6. The molecule has 2 aromatic heterocycles. The number of hydrogen-bond donors (Lipinski definition) is 3. The van der Waals surface area contributed by atoms with Gasteiger partial charge in [0.1, 0.15) is 23.8 Å². The fourth-order valence-electron chi connectivity index (χ4n) is 1.34. The van der Waals surface area contributed by atoms with E-state index in [1.807, 2.05) is 6.07 Å². The largest absolute Gasteiger partial charge is 0.370 e. The summed E-state index contributed by atoms with van der Waals surface area (Å²) in [6, 6.07) is 1.81. The number of rotatable bonds is 6. The van der Waals surface area contributed by atoms with Crippen LogP contribution in [0.3, 0.4) is 0 Å². The van der Waals surface area contributed by atoms with Gasteiger partial charge in [0.05, 0.1) is 6.20 Å². The summed E-state index contributed by atoms with van der Waals surface area (Å²) in [5.41, 5.74) is 5.42. The fourth-order valence-corrected chi connectivity index (χ4v) is 1.34. The molecule has 0 aliphatic rings. The van der Waals surface area contributed by atoms with Gasteiger partial charge in [0.25, 0.3) is 0 Å². The highest BCUT2D eigenvalue weighted by Crippen LogP contribution is 2.12.